The summed E-state index contributed by atoms with van der Waals surface area (Å²) < 4.78 is 1.86. The third-order valence-corrected chi connectivity index (χ3v) is 4.99. The number of hydrogen-bond donors (Lipinski definition) is 1. The highest BCUT2D eigenvalue weighted by Gasteiger charge is 2.27. The number of benzene rings is 1. The van der Waals surface area contributed by atoms with Gasteiger partial charge < -0.3 is 5.32 Å². The first-order chi connectivity index (χ1) is 13.2. The lowest BCUT2D eigenvalue weighted by Gasteiger charge is -2.27. The predicted molar refractivity (Wildman–Crippen MR) is 103 cm³/mol. The molecular weight excluding hydrogens is 338 g/mol. The highest BCUT2D eigenvalue weighted by molar-refractivity contribution is 5.94. The van der Waals surface area contributed by atoms with Gasteiger partial charge in [0.1, 0.15) is 0 Å². The highest BCUT2D eigenvalue weighted by atomic mass is 16.1. The third-order valence-electron chi connectivity index (χ3n) is 4.99. The Hall–Kier alpha value is -2.99. The van der Waals surface area contributed by atoms with Crippen LogP contribution in [-0.4, -0.2) is 32.1 Å². The van der Waals surface area contributed by atoms with Gasteiger partial charge in [-0.15, -0.1) is 0 Å². The van der Waals surface area contributed by atoms with Gasteiger partial charge in [0.05, 0.1) is 0 Å². The van der Waals surface area contributed by atoms with Crippen LogP contribution in [0.25, 0.3) is 0 Å². The Morgan fingerprint density at radius 3 is 2.67 bits per heavy atom. The molecule has 1 aliphatic rings. The molecule has 27 heavy (non-hydrogen) atoms. The van der Waals surface area contributed by atoms with Crippen LogP contribution in [0.1, 0.15) is 32.9 Å². The molecule has 3 aromatic rings. The van der Waals surface area contributed by atoms with Crippen LogP contribution in [0.4, 0.5) is 0 Å². The Labute approximate surface area is 158 Å². The second-order valence-corrected chi connectivity index (χ2v) is 6.88. The Morgan fingerprint density at radius 1 is 1.11 bits per heavy atom. The van der Waals surface area contributed by atoms with Gasteiger partial charge in [-0.3, -0.25) is 19.4 Å². The first-order valence-electron chi connectivity index (χ1n) is 9.19. The van der Waals surface area contributed by atoms with Crippen LogP contribution in [0.3, 0.4) is 0 Å². The van der Waals surface area contributed by atoms with Crippen molar-refractivity contribution in [2.45, 2.75) is 26.1 Å². The van der Waals surface area contributed by atoms with Crippen molar-refractivity contribution < 1.29 is 4.79 Å². The molecule has 1 aromatic carbocycles. The van der Waals surface area contributed by atoms with Crippen LogP contribution in [0.2, 0.25) is 0 Å². The molecule has 0 atom stereocenters. The van der Waals surface area contributed by atoms with Crippen molar-refractivity contribution in [2.75, 3.05) is 6.54 Å². The summed E-state index contributed by atoms with van der Waals surface area (Å²) >= 11 is 0. The second-order valence-electron chi connectivity index (χ2n) is 6.88. The first kappa shape index (κ1) is 17.4. The fraction of sp³-hybridized carbons (Fsp3) is 0.286. The summed E-state index contributed by atoms with van der Waals surface area (Å²) in [6.07, 6.45) is 4.53. The van der Waals surface area contributed by atoms with E-state index < -0.39 is 0 Å². The molecular formula is C21H23N5O. The van der Waals surface area contributed by atoms with E-state index in [1.54, 1.807) is 0 Å². The van der Waals surface area contributed by atoms with Crippen molar-refractivity contribution in [1.29, 1.82) is 0 Å². The van der Waals surface area contributed by atoms with Crippen LogP contribution in [0.15, 0.2) is 54.9 Å². The maximum Gasteiger partial charge on any atom is 0.272 e. The van der Waals surface area contributed by atoms with E-state index in [0.717, 1.165) is 42.9 Å². The average molecular weight is 361 g/mol. The molecule has 4 rings (SSSR count). The van der Waals surface area contributed by atoms with E-state index in [-0.39, 0.29) is 5.91 Å². The molecule has 1 aliphatic heterocycles. The number of aromatic nitrogens is 3. The SMILES string of the molecule is Cn1nc(C(=O)NCc2ccccc2)c2c1CCN(Cc1ccncc1)C2. The summed E-state index contributed by atoms with van der Waals surface area (Å²) in [5.41, 5.74) is 5.06. The van der Waals surface area contributed by atoms with Crippen LogP contribution < -0.4 is 5.32 Å². The lowest BCUT2D eigenvalue weighted by atomic mass is 10.0. The molecule has 0 aliphatic carbocycles. The Morgan fingerprint density at radius 2 is 1.89 bits per heavy atom. The number of rotatable bonds is 5. The molecule has 0 bridgehead atoms. The van der Waals surface area contributed by atoms with E-state index in [9.17, 15) is 4.79 Å². The van der Waals surface area contributed by atoms with Crippen molar-refractivity contribution >= 4 is 5.91 Å². The smallest absolute Gasteiger partial charge is 0.272 e. The number of nitrogens with zero attached hydrogens (tertiary/aromatic N) is 4. The first-order valence-corrected chi connectivity index (χ1v) is 9.19. The number of hydrogen-bond acceptors (Lipinski definition) is 4. The summed E-state index contributed by atoms with van der Waals surface area (Å²) in [4.78, 5) is 19.2. The molecule has 2 aromatic heterocycles. The number of pyridine rings is 1. The number of carbonyl (C=O) groups is 1. The maximum absolute atomic E-state index is 12.8. The van der Waals surface area contributed by atoms with Crippen molar-refractivity contribution in [2.24, 2.45) is 7.05 Å². The van der Waals surface area contributed by atoms with E-state index in [2.05, 4.69) is 20.3 Å². The van der Waals surface area contributed by atoms with Crippen LogP contribution >= 0.6 is 0 Å². The molecule has 6 nitrogen and oxygen atoms in total. The number of amides is 1. The standard InChI is InChI=1S/C21H23N5O/c1-25-19-9-12-26(14-17-7-10-22-11-8-17)15-18(19)20(24-25)21(27)23-13-16-5-3-2-4-6-16/h2-8,10-11H,9,12-15H2,1H3,(H,23,27). The van der Waals surface area contributed by atoms with Crippen molar-refractivity contribution in [3.63, 3.8) is 0 Å². The summed E-state index contributed by atoms with van der Waals surface area (Å²) in [5.74, 6) is -0.110. The lowest BCUT2D eigenvalue weighted by Crippen LogP contribution is -2.32. The zero-order chi connectivity index (χ0) is 18.6. The van der Waals surface area contributed by atoms with Crippen molar-refractivity contribution in [3.05, 3.63) is 82.9 Å². The molecule has 0 unspecified atom stereocenters. The van der Waals surface area contributed by atoms with E-state index in [0.29, 0.717) is 12.2 Å². The number of carbonyl (C=O) groups excluding carboxylic acids is 1. The maximum atomic E-state index is 12.8. The molecule has 3 heterocycles. The van der Waals surface area contributed by atoms with Crippen LogP contribution in [0, 0.1) is 0 Å². The van der Waals surface area contributed by atoms with Gasteiger partial charge in [0.2, 0.25) is 0 Å². The minimum atomic E-state index is -0.110. The highest BCUT2D eigenvalue weighted by Crippen LogP contribution is 2.23. The van der Waals surface area contributed by atoms with E-state index in [1.165, 1.54) is 5.56 Å². The molecule has 0 saturated heterocycles. The number of fused-ring (bicyclic) bond motifs is 1. The summed E-state index contributed by atoms with van der Waals surface area (Å²) in [7, 11) is 1.92. The summed E-state index contributed by atoms with van der Waals surface area (Å²) in [6, 6.07) is 14.0. The van der Waals surface area contributed by atoms with E-state index in [4.69, 9.17) is 0 Å². The van der Waals surface area contributed by atoms with E-state index >= 15 is 0 Å². The average Bonchev–Trinajstić information content (AvgIpc) is 3.04. The lowest BCUT2D eigenvalue weighted by molar-refractivity contribution is 0.0943. The Bertz CT molecular complexity index is 921. The van der Waals surface area contributed by atoms with Gasteiger partial charge in [0.15, 0.2) is 5.69 Å². The normalized spacial score (nSPS) is 14.0. The zero-order valence-corrected chi connectivity index (χ0v) is 15.4. The van der Waals surface area contributed by atoms with Gasteiger partial charge >= 0.3 is 0 Å². The molecule has 138 valence electrons. The van der Waals surface area contributed by atoms with Crippen LogP contribution in [0.5, 0.6) is 0 Å². The van der Waals surface area contributed by atoms with Crippen molar-refractivity contribution in [3.8, 4) is 0 Å². The second kappa shape index (κ2) is 7.72. The van der Waals surface area contributed by atoms with Gasteiger partial charge in [0, 0.05) is 63.3 Å². The molecule has 1 amide bonds. The molecule has 0 radical (unpaired) electrons. The Balaban J connectivity index is 1.48. The topological polar surface area (TPSA) is 63.1 Å². The number of nitrogens with one attached hydrogen (secondary N) is 1. The van der Waals surface area contributed by atoms with Gasteiger partial charge in [0.25, 0.3) is 5.91 Å². The molecule has 0 saturated carbocycles. The van der Waals surface area contributed by atoms with Crippen molar-refractivity contribution in [1.82, 2.24) is 25.0 Å². The minimum Gasteiger partial charge on any atom is -0.347 e. The quantitative estimate of drug-likeness (QED) is 0.757. The predicted octanol–water partition coefficient (Wildman–Crippen LogP) is 2.30. The van der Waals surface area contributed by atoms with Gasteiger partial charge in [-0.05, 0) is 23.3 Å². The monoisotopic (exact) mass is 361 g/mol. The van der Waals surface area contributed by atoms with Gasteiger partial charge in [-0.25, -0.2) is 0 Å². The van der Waals surface area contributed by atoms with E-state index in [1.807, 2.05) is 66.6 Å². The molecule has 6 heteroatoms. The fourth-order valence-electron chi connectivity index (χ4n) is 3.57. The van der Waals surface area contributed by atoms with Gasteiger partial charge in [-0.1, -0.05) is 30.3 Å². The Kier molecular flexibility index (Phi) is 4.98. The molecule has 1 N–H and O–H groups in total. The molecule has 0 spiro atoms. The molecule has 0 fully saturated rings. The summed E-state index contributed by atoms with van der Waals surface area (Å²) in [6.45, 7) is 3.05. The largest absolute Gasteiger partial charge is 0.347 e. The summed E-state index contributed by atoms with van der Waals surface area (Å²) in [5, 5.41) is 7.52. The number of aryl methyl sites for hydroxylation is 1. The van der Waals surface area contributed by atoms with Crippen LogP contribution in [-0.2, 0) is 33.1 Å². The zero-order valence-electron chi connectivity index (χ0n) is 15.4. The third kappa shape index (κ3) is 3.90. The van der Waals surface area contributed by atoms with Gasteiger partial charge in [-0.2, -0.15) is 5.10 Å². The fourth-order valence-corrected chi connectivity index (χ4v) is 3.57. The minimum absolute atomic E-state index is 0.110.